The number of nitrogens with zero attached hydrogens (tertiary/aromatic N) is 1. The first-order valence-electron chi connectivity index (χ1n) is 18.0. The quantitative estimate of drug-likeness (QED) is 0.0940. The molecule has 0 unspecified atom stereocenters. The van der Waals surface area contributed by atoms with Crippen molar-refractivity contribution in [3.8, 4) is 28.7 Å². The van der Waals surface area contributed by atoms with Crippen LogP contribution in [-0.4, -0.2) is 73.9 Å². The van der Waals surface area contributed by atoms with Gasteiger partial charge in [0.1, 0.15) is 6.10 Å². The molecule has 1 aliphatic carbocycles. The van der Waals surface area contributed by atoms with Gasteiger partial charge in [-0.25, -0.2) is 0 Å². The van der Waals surface area contributed by atoms with Crippen molar-refractivity contribution < 1.29 is 44.2 Å². The third-order valence-electron chi connectivity index (χ3n) is 10.1. The fourth-order valence-corrected chi connectivity index (χ4v) is 11.0. The van der Waals surface area contributed by atoms with Gasteiger partial charge in [0, 0.05) is 56.2 Å². The van der Waals surface area contributed by atoms with Crippen LogP contribution in [0.3, 0.4) is 0 Å². The third kappa shape index (κ3) is 10.2. The van der Waals surface area contributed by atoms with Gasteiger partial charge in [0.15, 0.2) is 23.0 Å². The number of phenols is 3. The van der Waals surface area contributed by atoms with E-state index in [1.807, 2.05) is 45.9 Å². The van der Waals surface area contributed by atoms with E-state index in [0.717, 1.165) is 55.4 Å². The number of aromatic nitrogens is 1. The van der Waals surface area contributed by atoms with Gasteiger partial charge in [-0.2, -0.15) is 0 Å². The molecule has 7 atom stereocenters. The zero-order valence-corrected chi connectivity index (χ0v) is 30.7. The zero-order chi connectivity index (χ0) is 35.7. The molecule has 10 nitrogen and oxygen atoms in total. The van der Waals surface area contributed by atoms with Crippen molar-refractivity contribution in [2.75, 3.05) is 19.0 Å². The van der Waals surface area contributed by atoms with Crippen molar-refractivity contribution in [2.45, 2.75) is 101 Å². The van der Waals surface area contributed by atoms with Crippen LogP contribution in [0.1, 0.15) is 81.1 Å². The number of esters is 1. The SMILES string of the molecule is CC(=O)O[C@@H]1C[C@@H](c2cc(O)c(O)c(OCCc3cccnc3)c2)O[C@@H]([C@@H]2CSS[C@@H](CCCO)[C@H]3CCC[C@H](C3)Oc3cc(ccc3O)C2)C1. The number of aliphatic hydroxyl groups is 1. The highest BCUT2D eigenvalue weighted by Gasteiger charge is 2.38. The van der Waals surface area contributed by atoms with Crippen LogP contribution >= 0.6 is 21.6 Å². The van der Waals surface area contributed by atoms with E-state index in [-0.39, 0.29) is 60.3 Å². The van der Waals surface area contributed by atoms with Crippen molar-refractivity contribution in [3.05, 3.63) is 71.5 Å². The highest BCUT2D eigenvalue weighted by atomic mass is 33.1. The summed E-state index contributed by atoms with van der Waals surface area (Å²) in [6.07, 6.45) is 10.0. The van der Waals surface area contributed by atoms with Crippen LogP contribution < -0.4 is 9.47 Å². The minimum Gasteiger partial charge on any atom is -0.504 e. The second kappa shape index (κ2) is 17.9. The topological polar surface area (TPSA) is 148 Å². The molecule has 2 aliphatic heterocycles. The Balaban J connectivity index is 1.26. The fourth-order valence-electron chi connectivity index (χ4n) is 7.55. The van der Waals surface area contributed by atoms with E-state index >= 15 is 0 Å². The molecular weight excluding hydrogens is 691 g/mol. The van der Waals surface area contributed by atoms with Crippen molar-refractivity contribution in [2.24, 2.45) is 11.8 Å². The third-order valence-corrected chi connectivity index (χ3v) is 13.2. The second-order valence-electron chi connectivity index (χ2n) is 13.9. The number of aliphatic hydroxyl groups excluding tert-OH is 1. The molecule has 3 aromatic rings. The van der Waals surface area contributed by atoms with Gasteiger partial charge in [0.2, 0.25) is 5.75 Å². The summed E-state index contributed by atoms with van der Waals surface area (Å²) >= 11 is 0. The first kappa shape index (κ1) is 37.4. The number of rotatable bonds is 10. The van der Waals surface area contributed by atoms with Gasteiger partial charge < -0.3 is 39.4 Å². The van der Waals surface area contributed by atoms with Gasteiger partial charge in [-0.05, 0) is 104 Å². The summed E-state index contributed by atoms with van der Waals surface area (Å²) in [7, 11) is 3.73. The maximum Gasteiger partial charge on any atom is 0.302 e. The number of carbonyl (C=O) groups excluding carboxylic acids is 1. The smallest absolute Gasteiger partial charge is 0.302 e. The lowest BCUT2D eigenvalue weighted by Crippen LogP contribution is -2.39. The van der Waals surface area contributed by atoms with Crippen molar-refractivity contribution in [3.63, 3.8) is 0 Å². The number of carbonyl (C=O) groups is 1. The second-order valence-corrected chi connectivity index (χ2v) is 16.6. The molecule has 2 fully saturated rings. The maximum atomic E-state index is 12.3. The molecule has 276 valence electrons. The average molecular weight is 740 g/mol. The minimum atomic E-state index is -0.544. The van der Waals surface area contributed by atoms with E-state index in [1.54, 1.807) is 24.5 Å². The lowest BCUT2D eigenvalue weighted by molar-refractivity contribution is -0.163. The number of pyridine rings is 1. The Bertz CT molecular complexity index is 1590. The molecule has 4 N–H and O–H groups in total. The molecule has 1 saturated heterocycles. The van der Waals surface area contributed by atoms with E-state index in [0.29, 0.717) is 48.2 Å². The predicted molar refractivity (Wildman–Crippen MR) is 197 cm³/mol. The Kier molecular flexibility index (Phi) is 13.2. The van der Waals surface area contributed by atoms with Gasteiger partial charge in [-0.3, -0.25) is 9.78 Å². The van der Waals surface area contributed by atoms with Gasteiger partial charge in [0.25, 0.3) is 0 Å². The van der Waals surface area contributed by atoms with Crippen LogP contribution in [0, 0.1) is 11.8 Å². The number of fused-ring (bicyclic) bond motifs is 4. The first-order valence-corrected chi connectivity index (χ1v) is 20.4. The van der Waals surface area contributed by atoms with Gasteiger partial charge in [-0.1, -0.05) is 33.7 Å². The summed E-state index contributed by atoms with van der Waals surface area (Å²) in [6.45, 7) is 1.84. The van der Waals surface area contributed by atoms with Gasteiger partial charge in [0.05, 0.1) is 24.9 Å². The molecule has 1 saturated carbocycles. The van der Waals surface area contributed by atoms with Crippen LogP contribution in [0.25, 0.3) is 0 Å². The maximum absolute atomic E-state index is 12.3. The summed E-state index contributed by atoms with van der Waals surface area (Å²) in [5.41, 5.74) is 2.62. The van der Waals surface area contributed by atoms with Crippen LogP contribution in [0.2, 0.25) is 0 Å². The van der Waals surface area contributed by atoms with E-state index in [1.165, 1.54) is 13.0 Å². The molecule has 0 amide bonds. The van der Waals surface area contributed by atoms with E-state index in [9.17, 15) is 25.2 Å². The molecule has 3 aliphatic rings. The number of phenolic OH excluding ortho intramolecular Hbond substituents is 3. The predicted octanol–water partition coefficient (Wildman–Crippen LogP) is 7.30. The van der Waals surface area contributed by atoms with Crippen molar-refractivity contribution in [1.82, 2.24) is 4.98 Å². The Morgan fingerprint density at radius 2 is 1.92 bits per heavy atom. The summed E-state index contributed by atoms with van der Waals surface area (Å²) in [6, 6.07) is 12.6. The summed E-state index contributed by atoms with van der Waals surface area (Å²) in [5.74, 6) is 0.956. The molecule has 51 heavy (non-hydrogen) atoms. The largest absolute Gasteiger partial charge is 0.504 e. The lowest BCUT2D eigenvalue weighted by Gasteiger charge is -2.39. The van der Waals surface area contributed by atoms with Crippen molar-refractivity contribution in [1.29, 1.82) is 0 Å². The van der Waals surface area contributed by atoms with Crippen LogP contribution in [0.4, 0.5) is 0 Å². The normalized spacial score (nSPS) is 26.8. The zero-order valence-electron chi connectivity index (χ0n) is 29.0. The van der Waals surface area contributed by atoms with Gasteiger partial charge >= 0.3 is 5.97 Å². The standard InChI is InChI=1S/C39H49NO9S2/c1-24(42)47-31-20-34(28-18-33(44)39(45)37(19-28)46-14-11-25-5-3-12-40-22-25)49-35(21-31)29-15-26-9-10-32(43)36(16-26)48-30-7-2-6-27(17-30)38(8-4-13-41)51-50-23-29/h3,5,9-10,12,16,18-19,22,27,29-31,34-35,38,41,43-45H,2,4,6-8,11,13-15,17,20-21,23H2,1H3/t27-,29-,30+,31+,34-,35+,38-/m0/s1. The van der Waals surface area contributed by atoms with E-state index in [2.05, 4.69) is 4.98 Å². The summed E-state index contributed by atoms with van der Waals surface area (Å²) in [5, 5.41) is 42.3. The molecule has 0 radical (unpaired) electrons. The number of aromatic hydroxyl groups is 3. The van der Waals surface area contributed by atoms with Crippen LogP contribution in [-0.2, 0) is 27.1 Å². The van der Waals surface area contributed by atoms with Gasteiger partial charge in [-0.15, -0.1) is 0 Å². The molecule has 1 aromatic heterocycles. The molecule has 6 rings (SSSR count). The lowest BCUT2D eigenvalue weighted by atomic mass is 9.83. The summed E-state index contributed by atoms with van der Waals surface area (Å²) in [4.78, 5) is 16.4. The average Bonchev–Trinajstić information content (AvgIpc) is 3.12. The first-order chi connectivity index (χ1) is 24.7. The molecule has 2 aromatic carbocycles. The molecular formula is C39H49NO9S2. The Labute approximate surface area is 307 Å². The summed E-state index contributed by atoms with van der Waals surface area (Å²) < 4.78 is 25.1. The number of benzene rings is 2. The Hall–Kier alpha value is -3.32. The highest BCUT2D eigenvalue weighted by molar-refractivity contribution is 8.76. The number of ether oxygens (including phenoxy) is 4. The molecule has 0 spiro atoms. The number of hydrogen-bond donors (Lipinski definition) is 4. The molecule has 3 heterocycles. The number of hydrogen-bond acceptors (Lipinski definition) is 12. The van der Waals surface area contributed by atoms with E-state index < -0.39 is 12.2 Å². The van der Waals surface area contributed by atoms with Crippen LogP contribution in [0.15, 0.2) is 54.9 Å². The fraction of sp³-hybridized carbons (Fsp3) is 0.538. The molecule has 12 heteroatoms. The Morgan fingerprint density at radius 1 is 1.04 bits per heavy atom. The van der Waals surface area contributed by atoms with Crippen LogP contribution in [0.5, 0.6) is 28.7 Å². The van der Waals surface area contributed by atoms with E-state index in [4.69, 9.17) is 18.9 Å². The molecule has 4 bridgehead atoms. The van der Waals surface area contributed by atoms with Crippen molar-refractivity contribution >= 4 is 27.6 Å². The highest BCUT2D eigenvalue weighted by Crippen LogP contribution is 2.47. The monoisotopic (exact) mass is 739 g/mol. The Morgan fingerprint density at radius 3 is 2.73 bits per heavy atom. The minimum absolute atomic E-state index is 0.000264.